The zero-order valence-electron chi connectivity index (χ0n) is 15.5. The average molecular weight is 454 g/mol. The third-order valence-corrected chi connectivity index (χ3v) is 4.46. The van der Waals surface area contributed by atoms with E-state index in [1.165, 1.54) is 39.3 Å². The largest absolute Gasteiger partial charge is 0.469 e. The van der Waals surface area contributed by atoms with Crippen molar-refractivity contribution in [3.05, 3.63) is 0 Å². The molecule has 6 nitrogen and oxygen atoms in total. The molecule has 0 aromatic carbocycles. The summed E-state index contributed by atoms with van der Waals surface area (Å²) in [6.07, 6.45) is 7.53. The van der Waals surface area contributed by atoms with Gasteiger partial charge in [0, 0.05) is 39.1 Å². The van der Waals surface area contributed by atoms with Crippen molar-refractivity contribution < 1.29 is 9.53 Å². The van der Waals surface area contributed by atoms with Crippen LogP contribution in [0.1, 0.15) is 51.9 Å². The monoisotopic (exact) mass is 454 g/mol. The Morgan fingerprint density at radius 3 is 2.67 bits per heavy atom. The third-order valence-electron chi connectivity index (χ3n) is 4.46. The minimum atomic E-state index is -0.139. The first-order valence-corrected chi connectivity index (χ1v) is 8.96. The molecular formula is C17H35IN4O2. The minimum Gasteiger partial charge on any atom is -0.469 e. The van der Waals surface area contributed by atoms with Gasteiger partial charge in [0.2, 0.25) is 0 Å². The van der Waals surface area contributed by atoms with Crippen molar-refractivity contribution in [1.29, 1.82) is 0 Å². The number of unbranched alkanes of at least 4 members (excludes halogenated alkanes) is 1. The molecule has 0 bridgehead atoms. The van der Waals surface area contributed by atoms with Crippen LogP contribution in [-0.4, -0.2) is 63.2 Å². The van der Waals surface area contributed by atoms with Crippen LogP contribution in [0.25, 0.3) is 0 Å². The van der Waals surface area contributed by atoms with E-state index in [1.54, 1.807) is 7.05 Å². The van der Waals surface area contributed by atoms with Crippen molar-refractivity contribution in [2.75, 3.05) is 40.3 Å². The topological polar surface area (TPSA) is 66.0 Å². The van der Waals surface area contributed by atoms with Gasteiger partial charge in [-0.1, -0.05) is 13.3 Å². The number of piperidine rings is 1. The van der Waals surface area contributed by atoms with Gasteiger partial charge in [0.15, 0.2) is 5.96 Å². The second-order valence-corrected chi connectivity index (χ2v) is 6.05. The number of carbonyl (C=O) groups excluding carboxylic acids is 1. The van der Waals surface area contributed by atoms with Crippen molar-refractivity contribution in [2.24, 2.45) is 4.99 Å². The molecule has 142 valence electrons. The predicted molar refractivity (Wildman–Crippen MR) is 110 cm³/mol. The number of esters is 1. The SMILES string of the molecule is CCC1CCCCN1CCNC(=NC)NCCCCC(=O)OC.I. The molecule has 1 heterocycles. The number of likely N-dealkylation sites (tertiary alicyclic amines) is 1. The van der Waals surface area contributed by atoms with E-state index in [2.05, 4.69) is 32.2 Å². The standard InChI is InChI=1S/C17H34N4O2.HI/c1-4-15-9-6-8-13-21(15)14-12-20-17(18-2)19-11-7-5-10-16(22)23-3;/h15H,4-14H2,1-3H3,(H2,18,19,20);1H. The van der Waals surface area contributed by atoms with Crippen LogP contribution in [0, 0.1) is 0 Å². The number of rotatable bonds is 9. The van der Waals surface area contributed by atoms with Crippen LogP contribution in [0.15, 0.2) is 4.99 Å². The molecule has 2 N–H and O–H groups in total. The lowest BCUT2D eigenvalue weighted by Crippen LogP contribution is -2.46. The summed E-state index contributed by atoms with van der Waals surface area (Å²) in [5.74, 6) is 0.702. The fourth-order valence-corrected chi connectivity index (χ4v) is 3.06. The number of carbonyl (C=O) groups is 1. The number of methoxy groups -OCH3 is 1. The summed E-state index contributed by atoms with van der Waals surface area (Å²) < 4.78 is 4.63. The molecule has 1 unspecified atom stereocenters. The molecule has 1 fully saturated rings. The van der Waals surface area contributed by atoms with Crippen molar-refractivity contribution in [2.45, 2.75) is 57.9 Å². The van der Waals surface area contributed by atoms with Gasteiger partial charge >= 0.3 is 5.97 Å². The van der Waals surface area contributed by atoms with E-state index < -0.39 is 0 Å². The maximum Gasteiger partial charge on any atom is 0.305 e. The van der Waals surface area contributed by atoms with E-state index in [9.17, 15) is 4.79 Å². The van der Waals surface area contributed by atoms with Gasteiger partial charge < -0.3 is 15.4 Å². The number of nitrogens with zero attached hydrogens (tertiary/aromatic N) is 2. The fraction of sp³-hybridized carbons (Fsp3) is 0.882. The first-order chi connectivity index (χ1) is 11.2. The van der Waals surface area contributed by atoms with Gasteiger partial charge in [0.1, 0.15) is 0 Å². The quantitative estimate of drug-likeness (QED) is 0.184. The van der Waals surface area contributed by atoms with Crippen LogP contribution in [0.4, 0.5) is 0 Å². The van der Waals surface area contributed by atoms with Crippen molar-refractivity contribution in [3.63, 3.8) is 0 Å². The van der Waals surface area contributed by atoms with Crippen molar-refractivity contribution in [3.8, 4) is 0 Å². The van der Waals surface area contributed by atoms with Gasteiger partial charge in [0.25, 0.3) is 0 Å². The minimum absolute atomic E-state index is 0. The van der Waals surface area contributed by atoms with Gasteiger partial charge in [-0.15, -0.1) is 24.0 Å². The van der Waals surface area contributed by atoms with Crippen LogP contribution < -0.4 is 10.6 Å². The number of aliphatic imine (C=N–C) groups is 1. The highest BCUT2D eigenvalue weighted by molar-refractivity contribution is 14.0. The molecule has 24 heavy (non-hydrogen) atoms. The molecule has 7 heteroatoms. The molecule has 0 spiro atoms. The molecule has 0 aromatic rings. The van der Waals surface area contributed by atoms with E-state index in [4.69, 9.17) is 0 Å². The maximum absolute atomic E-state index is 11.0. The van der Waals surface area contributed by atoms with Crippen molar-refractivity contribution in [1.82, 2.24) is 15.5 Å². The molecule has 1 rings (SSSR count). The summed E-state index contributed by atoms with van der Waals surface area (Å²) in [6.45, 7) is 6.31. The van der Waals surface area contributed by atoms with Gasteiger partial charge in [-0.25, -0.2) is 0 Å². The maximum atomic E-state index is 11.0. The lowest BCUT2D eigenvalue weighted by Gasteiger charge is -2.35. The normalized spacial score (nSPS) is 18.6. The number of ether oxygens (including phenoxy) is 1. The highest BCUT2D eigenvalue weighted by Crippen LogP contribution is 2.18. The van der Waals surface area contributed by atoms with Gasteiger partial charge in [-0.3, -0.25) is 14.7 Å². The van der Waals surface area contributed by atoms with Gasteiger partial charge in [-0.2, -0.15) is 0 Å². The molecule has 0 aliphatic carbocycles. The van der Waals surface area contributed by atoms with E-state index in [0.717, 1.165) is 44.5 Å². The molecule has 1 aliphatic heterocycles. The Labute approximate surface area is 164 Å². The van der Waals surface area contributed by atoms with E-state index in [0.29, 0.717) is 6.42 Å². The summed E-state index contributed by atoms with van der Waals surface area (Å²) >= 11 is 0. The summed E-state index contributed by atoms with van der Waals surface area (Å²) in [4.78, 5) is 17.9. The Kier molecular flexibility index (Phi) is 14.4. The number of guanidine groups is 1. The fourth-order valence-electron chi connectivity index (χ4n) is 3.06. The van der Waals surface area contributed by atoms with E-state index >= 15 is 0 Å². The summed E-state index contributed by atoms with van der Waals surface area (Å²) in [6, 6.07) is 0.749. The summed E-state index contributed by atoms with van der Waals surface area (Å²) in [5, 5.41) is 6.67. The van der Waals surface area contributed by atoms with E-state index in [-0.39, 0.29) is 29.9 Å². The molecule has 1 aliphatic rings. The molecule has 0 aromatic heterocycles. The van der Waals surface area contributed by atoms with Crippen LogP contribution in [-0.2, 0) is 9.53 Å². The molecular weight excluding hydrogens is 419 g/mol. The Balaban J connectivity index is 0.00000529. The first-order valence-electron chi connectivity index (χ1n) is 8.96. The zero-order valence-corrected chi connectivity index (χ0v) is 17.8. The number of nitrogens with one attached hydrogen (secondary N) is 2. The van der Waals surface area contributed by atoms with Crippen LogP contribution in [0.2, 0.25) is 0 Å². The van der Waals surface area contributed by atoms with Crippen molar-refractivity contribution >= 4 is 35.9 Å². The van der Waals surface area contributed by atoms with Crippen LogP contribution >= 0.6 is 24.0 Å². The Hall–Kier alpha value is -0.570. The summed E-state index contributed by atoms with van der Waals surface area (Å²) in [7, 11) is 3.22. The molecule has 0 saturated carbocycles. The van der Waals surface area contributed by atoms with Crippen LogP contribution in [0.5, 0.6) is 0 Å². The van der Waals surface area contributed by atoms with Crippen LogP contribution in [0.3, 0.4) is 0 Å². The first kappa shape index (κ1) is 23.4. The smallest absolute Gasteiger partial charge is 0.305 e. The number of hydrogen-bond acceptors (Lipinski definition) is 4. The van der Waals surface area contributed by atoms with E-state index in [1.807, 2.05) is 0 Å². The lowest BCUT2D eigenvalue weighted by molar-refractivity contribution is -0.140. The highest BCUT2D eigenvalue weighted by atomic mass is 127. The predicted octanol–water partition coefficient (Wildman–Crippen LogP) is 2.38. The van der Waals surface area contributed by atoms with Gasteiger partial charge in [0.05, 0.1) is 7.11 Å². The second-order valence-electron chi connectivity index (χ2n) is 6.05. The Bertz CT molecular complexity index is 366. The molecule has 1 atom stereocenters. The third kappa shape index (κ3) is 9.66. The zero-order chi connectivity index (χ0) is 16.9. The molecule has 0 radical (unpaired) electrons. The molecule has 1 saturated heterocycles. The number of hydrogen-bond donors (Lipinski definition) is 2. The molecule has 0 amide bonds. The second kappa shape index (κ2) is 14.7. The Morgan fingerprint density at radius 2 is 2.00 bits per heavy atom. The van der Waals surface area contributed by atoms with Gasteiger partial charge in [-0.05, 0) is 38.6 Å². The average Bonchev–Trinajstić information content (AvgIpc) is 2.59. The number of halogens is 1. The lowest BCUT2D eigenvalue weighted by atomic mass is 10.0. The highest BCUT2D eigenvalue weighted by Gasteiger charge is 2.19. The Morgan fingerprint density at radius 1 is 1.25 bits per heavy atom. The summed E-state index contributed by atoms with van der Waals surface area (Å²) in [5.41, 5.74) is 0.